The Bertz CT molecular complexity index is 1090. The molecule has 1 atom stereocenters. The van der Waals surface area contributed by atoms with E-state index in [2.05, 4.69) is 9.71 Å². The Morgan fingerprint density at radius 3 is 2.39 bits per heavy atom. The molecule has 1 fully saturated rings. The Morgan fingerprint density at radius 1 is 1.00 bits per heavy atom. The smallest absolute Gasteiger partial charge is 0.240 e. The van der Waals surface area contributed by atoms with Crippen LogP contribution in [0.3, 0.4) is 0 Å². The summed E-state index contributed by atoms with van der Waals surface area (Å²) in [6.07, 6.45) is 3.50. The molecule has 2 heterocycles. The van der Waals surface area contributed by atoms with Crippen molar-refractivity contribution in [3.05, 3.63) is 90.5 Å². The molecule has 3 aromatic rings. The third kappa shape index (κ3) is 5.10. The highest BCUT2D eigenvalue weighted by atomic mass is 32.2. The van der Waals surface area contributed by atoms with Crippen LogP contribution < -0.4 is 14.5 Å². The van der Waals surface area contributed by atoms with Crippen molar-refractivity contribution in [3.8, 4) is 0 Å². The van der Waals surface area contributed by atoms with Crippen molar-refractivity contribution in [1.29, 1.82) is 0 Å². The second kappa shape index (κ2) is 9.55. The number of benzene rings is 2. The number of para-hydroxylation sites is 1. The maximum Gasteiger partial charge on any atom is 0.240 e. The highest BCUT2D eigenvalue weighted by Crippen LogP contribution is 2.19. The number of anilines is 1. The molecular formula is C23H26FN4O2S+. The second-order valence-corrected chi connectivity index (χ2v) is 9.37. The zero-order valence-electron chi connectivity index (χ0n) is 17.1. The zero-order valence-corrected chi connectivity index (χ0v) is 17.9. The van der Waals surface area contributed by atoms with Gasteiger partial charge in [0.2, 0.25) is 10.0 Å². The van der Waals surface area contributed by atoms with Gasteiger partial charge in [-0.2, -0.15) is 0 Å². The molecule has 0 bridgehead atoms. The summed E-state index contributed by atoms with van der Waals surface area (Å²) in [5.41, 5.74) is 1.59. The van der Waals surface area contributed by atoms with Gasteiger partial charge in [-0.05, 0) is 36.4 Å². The maximum atomic E-state index is 14.2. The first kappa shape index (κ1) is 21.4. The summed E-state index contributed by atoms with van der Waals surface area (Å²) in [5, 5.41) is 0. The number of nitrogens with one attached hydrogen (secondary N) is 2. The molecule has 0 spiro atoms. The summed E-state index contributed by atoms with van der Waals surface area (Å²) in [6.45, 7) is 3.18. The molecule has 1 aromatic heterocycles. The van der Waals surface area contributed by atoms with Crippen molar-refractivity contribution in [3.63, 3.8) is 0 Å². The zero-order chi connectivity index (χ0) is 21.7. The number of sulfonamides is 1. The van der Waals surface area contributed by atoms with Gasteiger partial charge in [0.05, 0.1) is 43.3 Å². The van der Waals surface area contributed by atoms with Crippen LogP contribution in [0.25, 0.3) is 0 Å². The monoisotopic (exact) mass is 441 g/mol. The second-order valence-electron chi connectivity index (χ2n) is 7.60. The third-order valence-corrected chi connectivity index (χ3v) is 7.15. The van der Waals surface area contributed by atoms with E-state index in [1.165, 1.54) is 11.0 Å². The standard InChI is InChI=1S/C23H25FN4O2S/c24-21-10-4-5-11-22(21)27-13-15-28(16-14-27)23(19-7-6-12-25-17-19)18-26-31(29,30)20-8-2-1-3-9-20/h1-12,17,23,26H,13-16,18H2/p+1. The third-order valence-electron chi connectivity index (χ3n) is 5.71. The lowest BCUT2D eigenvalue weighted by molar-refractivity contribution is -0.930. The number of hydrogen-bond donors (Lipinski definition) is 2. The lowest BCUT2D eigenvalue weighted by Crippen LogP contribution is -3.15. The Hall–Kier alpha value is -2.81. The summed E-state index contributed by atoms with van der Waals surface area (Å²) in [5.74, 6) is -0.217. The van der Waals surface area contributed by atoms with E-state index >= 15 is 0 Å². The van der Waals surface area contributed by atoms with Gasteiger partial charge in [0.25, 0.3) is 0 Å². The van der Waals surface area contributed by atoms with Crippen LogP contribution in [0.2, 0.25) is 0 Å². The fraction of sp³-hybridized carbons (Fsp3) is 0.261. The molecule has 162 valence electrons. The van der Waals surface area contributed by atoms with E-state index < -0.39 is 10.0 Å². The summed E-state index contributed by atoms with van der Waals surface area (Å²) >= 11 is 0. The number of piperazine rings is 1. The minimum atomic E-state index is -3.61. The van der Waals surface area contributed by atoms with Crippen molar-refractivity contribution in [1.82, 2.24) is 9.71 Å². The van der Waals surface area contributed by atoms with Gasteiger partial charge >= 0.3 is 0 Å². The van der Waals surface area contributed by atoms with E-state index in [4.69, 9.17) is 0 Å². The number of pyridine rings is 1. The van der Waals surface area contributed by atoms with Gasteiger partial charge in [0.15, 0.2) is 0 Å². The van der Waals surface area contributed by atoms with Crippen LogP contribution in [0, 0.1) is 5.82 Å². The molecule has 1 unspecified atom stereocenters. The Labute approximate surface area is 182 Å². The van der Waals surface area contributed by atoms with E-state index in [0.717, 1.165) is 18.7 Å². The quantitative estimate of drug-likeness (QED) is 0.585. The van der Waals surface area contributed by atoms with Crippen LogP contribution in [0.15, 0.2) is 84.0 Å². The van der Waals surface area contributed by atoms with Gasteiger partial charge in [0.1, 0.15) is 11.9 Å². The van der Waals surface area contributed by atoms with Gasteiger partial charge in [-0.15, -0.1) is 0 Å². The lowest BCUT2D eigenvalue weighted by Gasteiger charge is -2.37. The number of halogens is 1. The minimum absolute atomic E-state index is 0.0880. The fourth-order valence-corrected chi connectivity index (χ4v) is 5.12. The average Bonchev–Trinajstić information content (AvgIpc) is 2.81. The molecule has 8 heteroatoms. The average molecular weight is 442 g/mol. The van der Waals surface area contributed by atoms with E-state index in [9.17, 15) is 12.8 Å². The van der Waals surface area contributed by atoms with Crippen LogP contribution in [0.4, 0.5) is 10.1 Å². The number of hydrogen-bond acceptors (Lipinski definition) is 4. The van der Waals surface area contributed by atoms with Gasteiger partial charge in [0, 0.05) is 18.0 Å². The number of aromatic nitrogens is 1. The van der Waals surface area contributed by atoms with E-state index in [1.54, 1.807) is 54.9 Å². The molecular weight excluding hydrogens is 415 g/mol. The predicted octanol–water partition coefficient (Wildman–Crippen LogP) is 1.65. The van der Waals surface area contributed by atoms with Crippen molar-refractivity contribution in [2.45, 2.75) is 10.9 Å². The van der Waals surface area contributed by atoms with Gasteiger partial charge in [-0.1, -0.05) is 30.3 Å². The molecule has 2 aromatic carbocycles. The van der Waals surface area contributed by atoms with Crippen LogP contribution in [-0.4, -0.2) is 46.1 Å². The summed E-state index contributed by atoms with van der Waals surface area (Å²) < 4.78 is 42.4. The molecule has 1 aliphatic heterocycles. The maximum absolute atomic E-state index is 14.2. The van der Waals surface area contributed by atoms with Crippen LogP contribution in [-0.2, 0) is 10.0 Å². The summed E-state index contributed by atoms with van der Waals surface area (Å²) in [6, 6.07) is 18.9. The van der Waals surface area contributed by atoms with Gasteiger partial charge in [-0.3, -0.25) is 4.98 Å². The normalized spacial score (nSPS) is 16.2. The number of quaternary nitrogens is 1. The SMILES string of the molecule is O=S(=O)(NCC(c1cccnc1)[NH+]1CCN(c2ccccc2F)CC1)c1ccccc1. The van der Waals surface area contributed by atoms with Crippen molar-refractivity contribution < 1.29 is 17.7 Å². The van der Waals surface area contributed by atoms with E-state index in [1.807, 2.05) is 23.1 Å². The molecule has 4 rings (SSSR count). The van der Waals surface area contributed by atoms with Crippen molar-refractivity contribution in [2.24, 2.45) is 0 Å². The van der Waals surface area contributed by atoms with Crippen molar-refractivity contribution in [2.75, 3.05) is 37.6 Å². The Kier molecular flexibility index (Phi) is 6.60. The minimum Gasteiger partial charge on any atom is -0.358 e. The molecule has 0 saturated carbocycles. The van der Waals surface area contributed by atoms with Crippen molar-refractivity contribution >= 4 is 15.7 Å². The van der Waals surface area contributed by atoms with Crippen LogP contribution >= 0.6 is 0 Å². The first-order chi connectivity index (χ1) is 15.0. The molecule has 6 nitrogen and oxygen atoms in total. The molecule has 2 N–H and O–H groups in total. The van der Waals surface area contributed by atoms with Gasteiger partial charge in [-0.25, -0.2) is 17.5 Å². The summed E-state index contributed by atoms with van der Waals surface area (Å²) in [7, 11) is -3.61. The molecule has 1 aliphatic rings. The van der Waals surface area contributed by atoms with E-state index in [0.29, 0.717) is 18.8 Å². The predicted molar refractivity (Wildman–Crippen MR) is 118 cm³/mol. The fourth-order valence-electron chi connectivity index (χ4n) is 4.05. The number of nitrogens with zero attached hydrogens (tertiary/aromatic N) is 2. The largest absolute Gasteiger partial charge is 0.358 e. The first-order valence-corrected chi connectivity index (χ1v) is 11.8. The topological polar surface area (TPSA) is 66.7 Å². The Morgan fingerprint density at radius 2 is 1.71 bits per heavy atom. The highest BCUT2D eigenvalue weighted by Gasteiger charge is 2.31. The lowest BCUT2D eigenvalue weighted by atomic mass is 10.1. The molecule has 0 aliphatic carbocycles. The van der Waals surface area contributed by atoms with Crippen LogP contribution in [0.1, 0.15) is 11.6 Å². The molecule has 0 amide bonds. The van der Waals surface area contributed by atoms with E-state index in [-0.39, 0.29) is 23.3 Å². The van der Waals surface area contributed by atoms with Gasteiger partial charge < -0.3 is 9.80 Å². The molecule has 1 saturated heterocycles. The number of rotatable bonds is 7. The first-order valence-electron chi connectivity index (χ1n) is 10.3. The molecule has 31 heavy (non-hydrogen) atoms. The highest BCUT2D eigenvalue weighted by molar-refractivity contribution is 7.89. The van der Waals surface area contributed by atoms with Crippen LogP contribution in [0.5, 0.6) is 0 Å². The summed E-state index contributed by atoms with van der Waals surface area (Å²) in [4.78, 5) is 7.77. The molecule has 0 radical (unpaired) electrons. The Balaban J connectivity index is 1.48.